The number of benzene rings is 2. The van der Waals surface area contributed by atoms with E-state index in [1.807, 2.05) is 62.4 Å². The summed E-state index contributed by atoms with van der Waals surface area (Å²) in [6, 6.07) is 11.5. The van der Waals surface area contributed by atoms with Gasteiger partial charge in [-0.3, -0.25) is 25.5 Å². The molecule has 0 unspecified atom stereocenters. The lowest BCUT2D eigenvalue weighted by atomic mass is 9.66. The molecule has 28 heavy (non-hydrogen) atoms. The fourth-order valence-corrected chi connectivity index (χ4v) is 4.59. The number of nitro groups is 2. The van der Waals surface area contributed by atoms with Crippen LogP contribution >= 0.6 is 0 Å². The second-order valence-corrected chi connectivity index (χ2v) is 8.12. The van der Waals surface area contributed by atoms with Crippen molar-refractivity contribution < 1.29 is 9.85 Å². The SMILES string of the molecule is Cc1ccccc1[C@@H]1N[C@@H](c2ccccc2C)[C@@H]([N+](=O)[O-])C(C)(C)[C@H]1[N+](=O)[O-]. The molecule has 2 aromatic carbocycles. The van der Waals surface area contributed by atoms with Crippen molar-refractivity contribution in [3.05, 3.63) is 91.0 Å². The molecule has 148 valence electrons. The summed E-state index contributed by atoms with van der Waals surface area (Å²) >= 11 is 0. The molecule has 1 aliphatic rings. The van der Waals surface area contributed by atoms with E-state index in [4.69, 9.17) is 0 Å². The number of hydrogen-bond acceptors (Lipinski definition) is 5. The van der Waals surface area contributed by atoms with Gasteiger partial charge in [0.05, 0.1) is 0 Å². The Kier molecular flexibility index (Phi) is 5.21. The smallest absolute Gasteiger partial charge is 0.243 e. The third-order valence-electron chi connectivity index (χ3n) is 6.02. The van der Waals surface area contributed by atoms with Crippen LogP contribution in [-0.4, -0.2) is 21.9 Å². The quantitative estimate of drug-likeness (QED) is 0.635. The molecule has 0 amide bonds. The van der Waals surface area contributed by atoms with Gasteiger partial charge in [0.15, 0.2) is 0 Å². The van der Waals surface area contributed by atoms with E-state index in [-0.39, 0.29) is 9.85 Å². The molecule has 7 heteroatoms. The highest BCUT2D eigenvalue weighted by Gasteiger charge is 2.63. The molecule has 1 saturated heterocycles. The van der Waals surface area contributed by atoms with Gasteiger partial charge in [-0.05, 0) is 49.9 Å². The number of rotatable bonds is 4. The zero-order chi connectivity index (χ0) is 20.6. The molecular weight excluding hydrogens is 358 g/mol. The normalized spacial score (nSPS) is 26.6. The van der Waals surface area contributed by atoms with Crippen LogP contribution in [0, 0.1) is 39.5 Å². The first kappa shape index (κ1) is 19.9. The molecule has 0 bridgehead atoms. The summed E-state index contributed by atoms with van der Waals surface area (Å²) < 4.78 is 0. The van der Waals surface area contributed by atoms with Crippen molar-refractivity contribution in [1.82, 2.24) is 5.32 Å². The van der Waals surface area contributed by atoms with E-state index >= 15 is 0 Å². The van der Waals surface area contributed by atoms with Gasteiger partial charge in [-0.1, -0.05) is 48.5 Å². The summed E-state index contributed by atoms with van der Waals surface area (Å²) in [5, 5.41) is 27.5. The Labute approximate surface area is 164 Å². The Morgan fingerprint density at radius 1 is 0.786 bits per heavy atom. The molecule has 3 rings (SSSR count). The van der Waals surface area contributed by atoms with Crippen molar-refractivity contribution in [1.29, 1.82) is 0 Å². The second-order valence-electron chi connectivity index (χ2n) is 8.12. The van der Waals surface area contributed by atoms with Crippen LogP contribution in [0.4, 0.5) is 0 Å². The monoisotopic (exact) mass is 383 g/mol. The lowest BCUT2D eigenvalue weighted by molar-refractivity contribution is -0.605. The molecule has 0 spiro atoms. The zero-order valence-electron chi connectivity index (χ0n) is 16.5. The topological polar surface area (TPSA) is 98.3 Å². The van der Waals surface area contributed by atoms with E-state index in [2.05, 4.69) is 5.32 Å². The number of nitrogens with one attached hydrogen (secondary N) is 1. The highest BCUT2D eigenvalue weighted by Crippen LogP contribution is 2.47. The van der Waals surface area contributed by atoms with Gasteiger partial charge in [0.25, 0.3) is 0 Å². The molecule has 0 saturated carbocycles. The molecule has 1 N–H and O–H groups in total. The minimum Gasteiger partial charge on any atom is -0.291 e. The van der Waals surface area contributed by atoms with Crippen LogP contribution in [0.5, 0.6) is 0 Å². The first-order chi connectivity index (χ1) is 13.2. The summed E-state index contributed by atoms with van der Waals surface area (Å²) in [4.78, 5) is 23.4. The first-order valence-corrected chi connectivity index (χ1v) is 9.30. The van der Waals surface area contributed by atoms with Crippen LogP contribution in [0.25, 0.3) is 0 Å². The van der Waals surface area contributed by atoms with Gasteiger partial charge in [0.1, 0.15) is 17.5 Å². The molecule has 0 radical (unpaired) electrons. The van der Waals surface area contributed by atoms with Gasteiger partial charge in [-0.25, -0.2) is 0 Å². The lowest BCUT2D eigenvalue weighted by Crippen LogP contribution is -2.63. The standard InChI is InChI=1S/C21H25N3O4/c1-13-9-5-7-11-15(13)17-19(23(25)26)21(3,4)20(24(27)28)18(22-17)16-12-8-6-10-14(16)2/h5-12,17-20,22H,1-4H3/t17-,18-,19-,20+/m0/s1. The van der Waals surface area contributed by atoms with Gasteiger partial charge in [-0.15, -0.1) is 0 Å². The number of nitrogens with zero attached hydrogens (tertiary/aromatic N) is 2. The Balaban J connectivity index is 2.21. The van der Waals surface area contributed by atoms with Crippen LogP contribution < -0.4 is 5.32 Å². The van der Waals surface area contributed by atoms with Gasteiger partial charge in [0.2, 0.25) is 12.1 Å². The molecule has 1 fully saturated rings. The summed E-state index contributed by atoms with van der Waals surface area (Å²) in [7, 11) is 0. The van der Waals surface area contributed by atoms with Crippen molar-refractivity contribution in [3.8, 4) is 0 Å². The average Bonchev–Trinajstić information content (AvgIpc) is 2.60. The zero-order valence-corrected chi connectivity index (χ0v) is 16.5. The van der Waals surface area contributed by atoms with Gasteiger partial charge in [-0.2, -0.15) is 0 Å². The minimum atomic E-state index is -1.17. The van der Waals surface area contributed by atoms with Gasteiger partial charge < -0.3 is 0 Å². The maximum Gasteiger partial charge on any atom is 0.243 e. The Bertz CT molecular complexity index is 841. The highest BCUT2D eigenvalue weighted by atomic mass is 16.6. The minimum absolute atomic E-state index is 0.366. The maximum absolute atomic E-state index is 12.1. The Morgan fingerprint density at radius 2 is 1.14 bits per heavy atom. The predicted octanol–water partition coefficient (Wildman–Crippen LogP) is 4.01. The fourth-order valence-electron chi connectivity index (χ4n) is 4.59. The molecule has 1 heterocycles. The molecule has 0 aliphatic carbocycles. The Hall–Kier alpha value is -2.80. The highest BCUT2D eigenvalue weighted by molar-refractivity contribution is 5.35. The molecular formula is C21H25N3O4. The predicted molar refractivity (Wildman–Crippen MR) is 106 cm³/mol. The van der Waals surface area contributed by atoms with Gasteiger partial charge >= 0.3 is 0 Å². The molecule has 2 aromatic rings. The number of aryl methyl sites for hydroxylation is 2. The summed E-state index contributed by atoms with van der Waals surface area (Å²) in [5.41, 5.74) is 2.28. The molecule has 4 atom stereocenters. The van der Waals surface area contributed by atoms with Crippen LogP contribution in [0.15, 0.2) is 48.5 Å². The van der Waals surface area contributed by atoms with Gasteiger partial charge in [0, 0.05) is 9.85 Å². The largest absolute Gasteiger partial charge is 0.291 e. The average molecular weight is 383 g/mol. The van der Waals surface area contributed by atoms with E-state index in [1.165, 1.54) is 0 Å². The third-order valence-corrected chi connectivity index (χ3v) is 6.02. The second kappa shape index (κ2) is 7.31. The first-order valence-electron chi connectivity index (χ1n) is 9.30. The Morgan fingerprint density at radius 3 is 1.46 bits per heavy atom. The fraction of sp³-hybridized carbons (Fsp3) is 0.429. The molecule has 7 nitrogen and oxygen atoms in total. The van der Waals surface area contributed by atoms with Crippen molar-refractivity contribution in [3.63, 3.8) is 0 Å². The van der Waals surface area contributed by atoms with Crippen molar-refractivity contribution >= 4 is 0 Å². The van der Waals surface area contributed by atoms with Crippen LogP contribution in [0.2, 0.25) is 0 Å². The van der Waals surface area contributed by atoms with Crippen molar-refractivity contribution in [2.45, 2.75) is 51.9 Å². The van der Waals surface area contributed by atoms with E-state index in [1.54, 1.807) is 13.8 Å². The lowest BCUT2D eigenvalue weighted by Gasteiger charge is -2.45. The number of hydrogen-bond donors (Lipinski definition) is 1. The van der Waals surface area contributed by atoms with Crippen LogP contribution in [0.3, 0.4) is 0 Å². The van der Waals surface area contributed by atoms with Crippen LogP contribution in [0.1, 0.15) is 48.2 Å². The summed E-state index contributed by atoms with van der Waals surface area (Å²) in [6.45, 7) is 7.10. The summed E-state index contributed by atoms with van der Waals surface area (Å²) in [6.07, 6.45) is 0. The van der Waals surface area contributed by atoms with E-state index in [0.717, 1.165) is 22.3 Å². The summed E-state index contributed by atoms with van der Waals surface area (Å²) in [5.74, 6) is 0. The van der Waals surface area contributed by atoms with Crippen molar-refractivity contribution in [2.24, 2.45) is 5.41 Å². The van der Waals surface area contributed by atoms with E-state index in [9.17, 15) is 20.2 Å². The van der Waals surface area contributed by atoms with E-state index in [0.29, 0.717) is 0 Å². The number of piperidine rings is 1. The third kappa shape index (κ3) is 3.26. The van der Waals surface area contributed by atoms with E-state index < -0.39 is 29.6 Å². The molecule has 1 aliphatic heterocycles. The van der Waals surface area contributed by atoms with Crippen LogP contribution in [-0.2, 0) is 0 Å². The molecule has 0 aromatic heterocycles. The maximum atomic E-state index is 12.1. The van der Waals surface area contributed by atoms with Crippen molar-refractivity contribution in [2.75, 3.05) is 0 Å².